The molecule has 4 N–H and O–H groups in total. The van der Waals surface area contributed by atoms with Crippen LogP contribution in [0.1, 0.15) is 56.7 Å². The molecule has 0 aliphatic heterocycles. The number of aliphatic carboxylic acids is 1. The first-order valence-corrected chi connectivity index (χ1v) is 15.7. The van der Waals surface area contributed by atoms with Crippen molar-refractivity contribution in [2.75, 3.05) is 6.61 Å². The number of carbonyl (C=O) groups excluding carboxylic acids is 3. The van der Waals surface area contributed by atoms with Gasteiger partial charge in [0.25, 0.3) is 0 Å². The minimum absolute atomic E-state index is 0.101. The van der Waals surface area contributed by atoms with Gasteiger partial charge in [-0.3, -0.25) is 14.4 Å². The van der Waals surface area contributed by atoms with E-state index < -0.39 is 47.9 Å². The Morgan fingerprint density at radius 1 is 0.761 bits per heavy atom. The monoisotopic (exact) mass is 625 g/mol. The number of fused-ring (bicyclic) bond motifs is 3. The molecule has 0 bridgehead atoms. The molecule has 0 unspecified atom stereocenters. The Kier molecular flexibility index (Phi) is 11.7. The number of nitrogens with one attached hydrogen (secondary N) is 3. The molecule has 9 heteroatoms. The summed E-state index contributed by atoms with van der Waals surface area (Å²) < 4.78 is 5.69. The third-order valence-corrected chi connectivity index (χ3v) is 8.03. The van der Waals surface area contributed by atoms with E-state index in [-0.39, 0.29) is 24.9 Å². The van der Waals surface area contributed by atoms with Gasteiger partial charge in [-0.05, 0) is 54.0 Å². The highest BCUT2D eigenvalue weighted by Crippen LogP contribution is 2.44. The van der Waals surface area contributed by atoms with E-state index in [9.17, 15) is 24.3 Å². The maximum Gasteiger partial charge on any atom is 0.407 e. The molecule has 3 amide bonds. The summed E-state index contributed by atoms with van der Waals surface area (Å²) in [5.41, 5.74) is 5.21. The summed E-state index contributed by atoms with van der Waals surface area (Å²) >= 11 is 0. The molecule has 0 radical (unpaired) electrons. The molecular weight excluding hydrogens is 582 g/mol. The third-order valence-electron chi connectivity index (χ3n) is 8.03. The maximum atomic E-state index is 13.4. The van der Waals surface area contributed by atoms with Gasteiger partial charge in [-0.2, -0.15) is 0 Å². The van der Waals surface area contributed by atoms with Gasteiger partial charge in [0.1, 0.15) is 18.7 Å². The summed E-state index contributed by atoms with van der Waals surface area (Å²) in [4.78, 5) is 51.0. The Hall–Kier alpha value is -4.92. The summed E-state index contributed by atoms with van der Waals surface area (Å²) in [5.74, 6) is -2.48. The van der Waals surface area contributed by atoms with Crippen molar-refractivity contribution in [3.05, 3.63) is 108 Å². The van der Waals surface area contributed by atoms with Crippen LogP contribution in [0.2, 0.25) is 0 Å². The molecule has 9 nitrogen and oxygen atoms in total. The quantitative estimate of drug-likeness (QED) is 0.176. The highest BCUT2D eigenvalue weighted by atomic mass is 16.5. The fourth-order valence-corrected chi connectivity index (χ4v) is 5.69. The number of ether oxygens (including phenoxy) is 1. The summed E-state index contributed by atoms with van der Waals surface area (Å²) in [6.45, 7) is 7.28. The van der Waals surface area contributed by atoms with Crippen LogP contribution in [0.5, 0.6) is 0 Å². The second-order valence-electron chi connectivity index (χ2n) is 12.2. The van der Waals surface area contributed by atoms with E-state index in [1.807, 2.05) is 80.6 Å². The average molecular weight is 626 g/mol. The minimum Gasteiger partial charge on any atom is -0.481 e. The fraction of sp³-hybridized carbons (Fsp3) is 0.351. The molecule has 1 aliphatic rings. The zero-order chi connectivity index (χ0) is 33.2. The molecule has 0 saturated heterocycles. The molecule has 0 spiro atoms. The van der Waals surface area contributed by atoms with Gasteiger partial charge in [0, 0.05) is 18.4 Å². The van der Waals surface area contributed by atoms with Crippen molar-refractivity contribution in [3.8, 4) is 11.1 Å². The molecule has 4 atom stereocenters. The van der Waals surface area contributed by atoms with Gasteiger partial charge in [0.05, 0.1) is 5.92 Å². The van der Waals surface area contributed by atoms with Crippen molar-refractivity contribution >= 4 is 23.9 Å². The second-order valence-corrected chi connectivity index (χ2v) is 12.2. The molecular formula is C37H43N3O6. The molecule has 0 fully saturated rings. The van der Waals surface area contributed by atoms with Crippen molar-refractivity contribution < 1.29 is 29.0 Å². The Bertz CT molecular complexity index is 1510. The topological polar surface area (TPSA) is 134 Å². The van der Waals surface area contributed by atoms with Crippen molar-refractivity contribution in [2.24, 2.45) is 11.8 Å². The predicted molar refractivity (Wildman–Crippen MR) is 177 cm³/mol. The van der Waals surface area contributed by atoms with Crippen molar-refractivity contribution in [3.63, 3.8) is 0 Å². The van der Waals surface area contributed by atoms with Crippen molar-refractivity contribution in [1.29, 1.82) is 0 Å². The van der Waals surface area contributed by atoms with E-state index in [1.165, 1.54) is 0 Å². The summed E-state index contributed by atoms with van der Waals surface area (Å²) in [5, 5.41) is 17.7. The first kappa shape index (κ1) is 34.0. The van der Waals surface area contributed by atoms with Gasteiger partial charge < -0.3 is 25.8 Å². The van der Waals surface area contributed by atoms with Crippen LogP contribution < -0.4 is 16.0 Å². The highest BCUT2D eigenvalue weighted by molar-refractivity contribution is 5.91. The van der Waals surface area contributed by atoms with E-state index in [4.69, 9.17) is 4.74 Å². The number of hydrogen-bond acceptors (Lipinski definition) is 5. The van der Waals surface area contributed by atoms with Gasteiger partial charge in [0.2, 0.25) is 11.8 Å². The fourth-order valence-electron chi connectivity index (χ4n) is 5.69. The number of amides is 3. The number of alkyl carbamates (subject to hydrolysis) is 1. The van der Waals surface area contributed by atoms with Gasteiger partial charge >= 0.3 is 12.1 Å². The standard InChI is InChI=1S/C37H43N3O6/c1-23(2)20-27(36(43)44)19-18-24(3)38-34(41)25(4)39-35(42)33(21-26-12-6-5-7-13-26)40-37(45)46-22-32-30-16-10-8-14-28(30)29-15-9-11-17-31(29)32/h5-19,23-25,27,32-33H,20-22H2,1-4H3,(H,38,41)(H,39,42)(H,40,45)(H,43,44)/b19-18+/t24-,25-,27-,33-/m0/s1. The Labute approximate surface area is 270 Å². The van der Waals surface area contributed by atoms with Crippen LogP contribution in [0.3, 0.4) is 0 Å². The Morgan fingerprint density at radius 2 is 1.35 bits per heavy atom. The molecule has 3 aromatic rings. The smallest absolute Gasteiger partial charge is 0.407 e. The lowest BCUT2D eigenvalue weighted by Crippen LogP contribution is -2.54. The number of rotatable bonds is 14. The molecule has 0 heterocycles. The van der Waals surface area contributed by atoms with E-state index in [1.54, 1.807) is 26.0 Å². The molecule has 4 rings (SSSR count). The van der Waals surface area contributed by atoms with Crippen LogP contribution >= 0.6 is 0 Å². The highest BCUT2D eigenvalue weighted by Gasteiger charge is 2.30. The Morgan fingerprint density at radius 3 is 1.93 bits per heavy atom. The lowest BCUT2D eigenvalue weighted by atomic mass is 9.96. The van der Waals surface area contributed by atoms with Crippen LogP contribution in [0.4, 0.5) is 4.79 Å². The number of carbonyl (C=O) groups is 4. The SMILES string of the molecule is CC(C)C[C@H](/C=C/[C@H](C)NC(=O)[C@H](C)NC(=O)[C@H](Cc1ccccc1)NC(=O)OCC1c2ccccc2-c2ccccc21)C(=O)O. The largest absolute Gasteiger partial charge is 0.481 e. The van der Waals surface area contributed by atoms with Crippen molar-refractivity contribution in [2.45, 2.75) is 64.6 Å². The minimum atomic E-state index is -1.00. The van der Waals surface area contributed by atoms with Gasteiger partial charge in [-0.1, -0.05) is 105 Å². The van der Waals surface area contributed by atoms with Crippen LogP contribution in [-0.2, 0) is 25.5 Å². The van der Waals surface area contributed by atoms with Crippen LogP contribution in [0, 0.1) is 11.8 Å². The zero-order valence-electron chi connectivity index (χ0n) is 26.7. The molecule has 242 valence electrons. The lowest BCUT2D eigenvalue weighted by Gasteiger charge is -2.22. The first-order chi connectivity index (χ1) is 22.0. The zero-order valence-corrected chi connectivity index (χ0v) is 26.7. The number of hydrogen-bond donors (Lipinski definition) is 4. The normalized spacial score (nSPS) is 14.9. The average Bonchev–Trinajstić information content (AvgIpc) is 3.35. The maximum absolute atomic E-state index is 13.4. The van der Waals surface area contributed by atoms with Crippen LogP contribution in [0.25, 0.3) is 11.1 Å². The van der Waals surface area contributed by atoms with Gasteiger partial charge in [0.15, 0.2) is 0 Å². The molecule has 0 aromatic heterocycles. The third kappa shape index (κ3) is 9.06. The predicted octanol–water partition coefficient (Wildman–Crippen LogP) is 5.45. The van der Waals surface area contributed by atoms with Gasteiger partial charge in [-0.15, -0.1) is 0 Å². The lowest BCUT2D eigenvalue weighted by molar-refractivity contribution is -0.140. The molecule has 0 saturated carbocycles. The van der Waals surface area contributed by atoms with E-state index in [0.29, 0.717) is 6.42 Å². The molecule has 1 aliphatic carbocycles. The second kappa shape index (κ2) is 15.9. The molecule has 46 heavy (non-hydrogen) atoms. The van der Waals surface area contributed by atoms with Crippen LogP contribution in [0.15, 0.2) is 91.0 Å². The number of carboxylic acids is 1. The Balaban J connectivity index is 1.38. The summed E-state index contributed by atoms with van der Waals surface area (Å²) in [6, 6.07) is 23.0. The first-order valence-electron chi connectivity index (χ1n) is 15.7. The van der Waals surface area contributed by atoms with Crippen molar-refractivity contribution in [1.82, 2.24) is 16.0 Å². The number of benzene rings is 3. The van der Waals surface area contributed by atoms with E-state index in [2.05, 4.69) is 28.1 Å². The molecule has 3 aromatic carbocycles. The van der Waals surface area contributed by atoms with Crippen LogP contribution in [-0.4, -0.2) is 53.7 Å². The summed E-state index contributed by atoms with van der Waals surface area (Å²) in [6.07, 6.45) is 3.17. The van der Waals surface area contributed by atoms with Gasteiger partial charge in [-0.25, -0.2) is 4.79 Å². The van der Waals surface area contributed by atoms with E-state index >= 15 is 0 Å². The summed E-state index contributed by atoms with van der Waals surface area (Å²) in [7, 11) is 0. The van der Waals surface area contributed by atoms with E-state index in [0.717, 1.165) is 27.8 Å². The number of carboxylic acid groups (broad SMARTS) is 1.